The van der Waals surface area contributed by atoms with E-state index < -0.39 is 21.5 Å². The number of ether oxygens (including phenoxy) is 1. The predicted octanol–water partition coefficient (Wildman–Crippen LogP) is 2.60. The summed E-state index contributed by atoms with van der Waals surface area (Å²) in [5, 5.41) is 13.9. The van der Waals surface area contributed by atoms with Gasteiger partial charge in [-0.2, -0.15) is 10.4 Å². The molecule has 1 aromatic carbocycles. The number of aromatic amines is 1. The first kappa shape index (κ1) is 19.7. The van der Waals surface area contributed by atoms with Gasteiger partial charge in [-0.15, -0.1) is 0 Å². The van der Waals surface area contributed by atoms with Gasteiger partial charge in [0.15, 0.2) is 5.54 Å². The van der Waals surface area contributed by atoms with E-state index in [-0.39, 0.29) is 10.6 Å². The highest BCUT2D eigenvalue weighted by Crippen LogP contribution is 2.33. The van der Waals surface area contributed by atoms with E-state index in [1.807, 2.05) is 6.07 Å². The SMILES string of the molecule is COC(=O)C(C)(C)n1cc(S(=O)(=O)Nc2ccc(Cl)c3c(C#N)c[nH]c23)cn1. The number of halogens is 1. The van der Waals surface area contributed by atoms with Gasteiger partial charge in [0.1, 0.15) is 11.0 Å². The van der Waals surface area contributed by atoms with Crippen LogP contribution < -0.4 is 4.72 Å². The van der Waals surface area contributed by atoms with Gasteiger partial charge >= 0.3 is 5.97 Å². The van der Waals surface area contributed by atoms with Gasteiger partial charge in [-0.25, -0.2) is 13.2 Å². The smallest absolute Gasteiger partial charge is 0.333 e. The van der Waals surface area contributed by atoms with Crippen molar-refractivity contribution in [2.24, 2.45) is 0 Å². The maximum Gasteiger partial charge on any atom is 0.333 e. The number of carbonyl (C=O) groups excluding carboxylic acids is 1. The number of methoxy groups -OCH3 is 1. The lowest BCUT2D eigenvalue weighted by Gasteiger charge is -2.21. The monoisotopic (exact) mass is 421 g/mol. The zero-order chi connectivity index (χ0) is 20.7. The molecule has 3 rings (SSSR count). The lowest BCUT2D eigenvalue weighted by Crippen LogP contribution is -2.37. The third kappa shape index (κ3) is 3.19. The highest BCUT2D eigenvalue weighted by Gasteiger charge is 2.33. The van der Waals surface area contributed by atoms with Crippen LogP contribution >= 0.6 is 11.6 Å². The number of carbonyl (C=O) groups is 1. The third-order valence-corrected chi connectivity index (χ3v) is 5.91. The molecule has 0 saturated carbocycles. The number of nitrogens with one attached hydrogen (secondary N) is 2. The van der Waals surface area contributed by atoms with Crippen LogP contribution in [0.25, 0.3) is 10.9 Å². The fourth-order valence-corrected chi connectivity index (χ4v) is 3.94. The third-order valence-electron chi connectivity index (χ3n) is 4.28. The molecule has 11 heteroatoms. The molecular formula is C17H16ClN5O4S. The first-order valence-electron chi connectivity index (χ1n) is 7.98. The Hall–Kier alpha value is -3.03. The Morgan fingerprint density at radius 1 is 1.43 bits per heavy atom. The molecule has 2 aromatic heterocycles. The van der Waals surface area contributed by atoms with Crippen molar-refractivity contribution in [1.29, 1.82) is 5.26 Å². The van der Waals surface area contributed by atoms with Crippen molar-refractivity contribution < 1.29 is 17.9 Å². The number of rotatable bonds is 5. The average molecular weight is 422 g/mol. The molecule has 0 aliphatic rings. The van der Waals surface area contributed by atoms with Crippen molar-refractivity contribution in [1.82, 2.24) is 14.8 Å². The number of hydrogen-bond donors (Lipinski definition) is 2. The van der Waals surface area contributed by atoms with Gasteiger partial charge in [0.05, 0.1) is 35.1 Å². The molecule has 28 heavy (non-hydrogen) atoms. The number of nitriles is 1. The Bertz CT molecular complexity index is 1220. The van der Waals surface area contributed by atoms with Gasteiger partial charge in [0.25, 0.3) is 10.0 Å². The van der Waals surface area contributed by atoms with Crippen LogP contribution in [-0.4, -0.2) is 36.3 Å². The quantitative estimate of drug-likeness (QED) is 0.609. The summed E-state index contributed by atoms with van der Waals surface area (Å²) in [6.45, 7) is 3.11. The highest BCUT2D eigenvalue weighted by molar-refractivity contribution is 7.92. The van der Waals surface area contributed by atoms with Crippen LogP contribution in [0.4, 0.5) is 5.69 Å². The summed E-state index contributed by atoms with van der Waals surface area (Å²) in [5.41, 5.74) is -0.276. The second-order valence-corrected chi connectivity index (χ2v) is 8.53. The molecule has 0 spiro atoms. The van der Waals surface area contributed by atoms with Crippen molar-refractivity contribution >= 4 is 44.2 Å². The van der Waals surface area contributed by atoms with Crippen molar-refractivity contribution in [3.8, 4) is 6.07 Å². The Kier molecular flexibility index (Phi) is 4.82. The Labute approximate surface area is 165 Å². The van der Waals surface area contributed by atoms with E-state index in [9.17, 15) is 18.5 Å². The van der Waals surface area contributed by atoms with Crippen LogP contribution in [-0.2, 0) is 25.1 Å². The summed E-state index contributed by atoms with van der Waals surface area (Å²) in [7, 11) is -2.78. The van der Waals surface area contributed by atoms with Crippen molar-refractivity contribution in [3.05, 3.63) is 41.3 Å². The number of anilines is 1. The molecule has 2 N–H and O–H groups in total. The Morgan fingerprint density at radius 2 is 2.14 bits per heavy atom. The lowest BCUT2D eigenvalue weighted by atomic mass is 10.1. The first-order valence-corrected chi connectivity index (χ1v) is 9.84. The van der Waals surface area contributed by atoms with Gasteiger partial charge < -0.3 is 9.72 Å². The van der Waals surface area contributed by atoms with E-state index in [4.69, 9.17) is 16.3 Å². The molecule has 0 atom stereocenters. The molecule has 0 unspecified atom stereocenters. The van der Waals surface area contributed by atoms with E-state index in [1.54, 1.807) is 13.8 Å². The molecule has 0 saturated heterocycles. The standard InChI is InChI=1S/C17H16ClN5O4S/c1-17(2,16(24)27-3)23-9-11(8-21-23)28(25,26)22-13-5-4-12(18)14-10(6-19)7-20-15(13)14/h4-5,7-9,20,22H,1-3H3. The van der Waals surface area contributed by atoms with Crippen LogP contribution in [0.5, 0.6) is 0 Å². The molecule has 0 aliphatic carbocycles. The van der Waals surface area contributed by atoms with E-state index in [0.29, 0.717) is 21.5 Å². The highest BCUT2D eigenvalue weighted by atomic mass is 35.5. The second kappa shape index (κ2) is 6.85. The number of aromatic nitrogens is 3. The van der Waals surface area contributed by atoms with Gasteiger partial charge in [0, 0.05) is 17.8 Å². The first-order chi connectivity index (χ1) is 13.1. The minimum Gasteiger partial charge on any atom is -0.467 e. The molecule has 0 aliphatic heterocycles. The Morgan fingerprint density at radius 3 is 2.79 bits per heavy atom. The van der Waals surface area contributed by atoms with Gasteiger partial charge in [-0.1, -0.05) is 11.6 Å². The van der Waals surface area contributed by atoms with E-state index in [1.165, 1.54) is 36.3 Å². The Balaban J connectivity index is 2.00. The number of nitrogens with zero attached hydrogens (tertiary/aromatic N) is 3. The van der Waals surface area contributed by atoms with Crippen LogP contribution in [0.3, 0.4) is 0 Å². The molecule has 9 nitrogen and oxygen atoms in total. The van der Waals surface area contributed by atoms with Crippen LogP contribution in [0.1, 0.15) is 19.4 Å². The largest absolute Gasteiger partial charge is 0.467 e. The van der Waals surface area contributed by atoms with Crippen molar-refractivity contribution in [2.45, 2.75) is 24.3 Å². The van der Waals surface area contributed by atoms with E-state index in [2.05, 4.69) is 14.8 Å². The van der Waals surface area contributed by atoms with Crippen LogP contribution in [0, 0.1) is 11.3 Å². The minimum absolute atomic E-state index is 0.139. The lowest BCUT2D eigenvalue weighted by molar-refractivity contribution is -0.150. The summed E-state index contributed by atoms with van der Waals surface area (Å²) < 4.78 is 34.0. The summed E-state index contributed by atoms with van der Waals surface area (Å²) in [5.74, 6) is -0.567. The molecule has 2 heterocycles. The van der Waals surface area contributed by atoms with Crippen molar-refractivity contribution in [2.75, 3.05) is 11.8 Å². The number of benzene rings is 1. The summed E-state index contributed by atoms with van der Waals surface area (Å²) >= 11 is 6.13. The zero-order valence-electron chi connectivity index (χ0n) is 15.1. The minimum atomic E-state index is -4.02. The number of esters is 1. The average Bonchev–Trinajstić information content (AvgIpc) is 3.31. The van der Waals surface area contributed by atoms with Gasteiger partial charge in [-0.3, -0.25) is 9.40 Å². The van der Waals surface area contributed by atoms with Crippen LogP contribution in [0.2, 0.25) is 5.02 Å². The maximum atomic E-state index is 12.8. The van der Waals surface area contributed by atoms with Crippen molar-refractivity contribution in [3.63, 3.8) is 0 Å². The maximum absolute atomic E-state index is 12.8. The van der Waals surface area contributed by atoms with Gasteiger partial charge in [-0.05, 0) is 26.0 Å². The number of sulfonamides is 1. The molecule has 0 bridgehead atoms. The summed E-state index contributed by atoms with van der Waals surface area (Å²) in [6, 6.07) is 4.99. The van der Waals surface area contributed by atoms with E-state index in [0.717, 1.165) is 6.20 Å². The van der Waals surface area contributed by atoms with E-state index >= 15 is 0 Å². The fraction of sp³-hybridized carbons (Fsp3) is 0.235. The van der Waals surface area contributed by atoms with Gasteiger partial charge in [0.2, 0.25) is 0 Å². The number of H-pyrrole nitrogens is 1. The fourth-order valence-electron chi connectivity index (χ4n) is 2.68. The normalized spacial score (nSPS) is 12.0. The van der Waals surface area contributed by atoms with Crippen LogP contribution in [0.15, 0.2) is 35.6 Å². The molecule has 3 aromatic rings. The molecule has 0 radical (unpaired) electrons. The zero-order valence-corrected chi connectivity index (χ0v) is 16.7. The number of hydrogen-bond acceptors (Lipinski definition) is 6. The second-order valence-electron chi connectivity index (χ2n) is 6.44. The molecule has 146 valence electrons. The molecule has 0 fully saturated rings. The topological polar surface area (TPSA) is 130 Å². The number of fused-ring (bicyclic) bond motifs is 1. The summed E-state index contributed by atoms with van der Waals surface area (Å²) in [4.78, 5) is 14.6. The molecule has 0 amide bonds. The molecular weight excluding hydrogens is 406 g/mol. The summed E-state index contributed by atoms with van der Waals surface area (Å²) in [6.07, 6.45) is 3.82. The predicted molar refractivity (Wildman–Crippen MR) is 102 cm³/mol.